The Hall–Kier alpha value is -1.69. The molecule has 2 aromatic rings. The number of amides is 1. The minimum atomic E-state index is 0.200. The van der Waals surface area contributed by atoms with Crippen LogP contribution in [0.3, 0.4) is 0 Å². The molecule has 1 aliphatic carbocycles. The SMILES string of the molecule is O=C(CC1CCCCC1)N1CC(c2nc(-c3cccs3)no2)C1. The van der Waals surface area contributed by atoms with E-state index in [1.54, 1.807) is 11.3 Å². The van der Waals surface area contributed by atoms with Crippen LogP contribution in [0, 0.1) is 5.92 Å². The largest absolute Gasteiger partial charge is 0.341 e. The lowest BCUT2D eigenvalue weighted by Gasteiger charge is -2.38. The fourth-order valence-electron chi connectivity index (χ4n) is 3.51. The average molecular weight is 331 g/mol. The van der Waals surface area contributed by atoms with Gasteiger partial charge in [0.2, 0.25) is 17.6 Å². The second kappa shape index (κ2) is 6.43. The molecule has 4 rings (SSSR count). The van der Waals surface area contributed by atoms with Crippen LogP contribution in [0.2, 0.25) is 0 Å². The summed E-state index contributed by atoms with van der Waals surface area (Å²) in [7, 11) is 0. The predicted octanol–water partition coefficient (Wildman–Crippen LogP) is 3.69. The zero-order chi connectivity index (χ0) is 15.6. The quantitative estimate of drug-likeness (QED) is 0.857. The van der Waals surface area contributed by atoms with E-state index < -0.39 is 0 Å². The molecule has 6 heteroatoms. The molecule has 0 N–H and O–H groups in total. The molecule has 1 aliphatic heterocycles. The monoisotopic (exact) mass is 331 g/mol. The van der Waals surface area contributed by atoms with Crippen LogP contribution in [0.1, 0.15) is 50.3 Å². The molecule has 0 radical (unpaired) electrons. The highest BCUT2D eigenvalue weighted by atomic mass is 32.1. The number of rotatable bonds is 4. The van der Waals surface area contributed by atoms with Gasteiger partial charge < -0.3 is 9.42 Å². The zero-order valence-electron chi connectivity index (χ0n) is 13.1. The van der Waals surface area contributed by atoms with Crippen molar-refractivity contribution < 1.29 is 9.32 Å². The van der Waals surface area contributed by atoms with Gasteiger partial charge in [0.05, 0.1) is 10.8 Å². The highest BCUT2D eigenvalue weighted by Crippen LogP contribution is 2.32. The van der Waals surface area contributed by atoms with Gasteiger partial charge in [0.1, 0.15) is 0 Å². The summed E-state index contributed by atoms with van der Waals surface area (Å²) in [5, 5.41) is 6.05. The van der Waals surface area contributed by atoms with Crippen LogP contribution in [0.25, 0.3) is 10.7 Å². The Kier molecular flexibility index (Phi) is 4.16. The second-order valence-electron chi connectivity index (χ2n) is 6.64. The van der Waals surface area contributed by atoms with Crippen LogP contribution >= 0.6 is 11.3 Å². The van der Waals surface area contributed by atoms with Crippen LogP contribution < -0.4 is 0 Å². The van der Waals surface area contributed by atoms with Crippen molar-refractivity contribution in [3.05, 3.63) is 23.4 Å². The summed E-state index contributed by atoms with van der Waals surface area (Å²) >= 11 is 1.60. The number of nitrogens with zero attached hydrogens (tertiary/aromatic N) is 3. The molecule has 1 saturated heterocycles. The Morgan fingerprint density at radius 2 is 2.13 bits per heavy atom. The fraction of sp³-hybridized carbons (Fsp3) is 0.588. The van der Waals surface area contributed by atoms with E-state index in [1.807, 2.05) is 22.4 Å². The lowest BCUT2D eigenvalue weighted by Crippen LogP contribution is -2.49. The number of thiophene rings is 1. The molecule has 1 saturated carbocycles. The molecule has 0 unspecified atom stereocenters. The summed E-state index contributed by atoms with van der Waals surface area (Å²) in [6.45, 7) is 1.44. The lowest BCUT2D eigenvalue weighted by molar-refractivity contribution is -0.137. The third-order valence-electron chi connectivity index (χ3n) is 4.95. The summed E-state index contributed by atoms with van der Waals surface area (Å²) in [5.41, 5.74) is 0. The number of hydrogen-bond acceptors (Lipinski definition) is 5. The molecule has 0 atom stereocenters. The van der Waals surface area contributed by atoms with Gasteiger partial charge in [-0.05, 0) is 30.2 Å². The molecular formula is C17H21N3O2S. The molecule has 5 nitrogen and oxygen atoms in total. The molecule has 23 heavy (non-hydrogen) atoms. The van der Waals surface area contributed by atoms with Crippen LogP contribution in [-0.4, -0.2) is 34.0 Å². The standard InChI is InChI=1S/C17H21N3O2S/c21-15(9-12-5-2-1-3-6-12)20-10-13(11-20)17-18-16(19-22-17)14-7-4-8-23-14/h4,7-8,12-13H,1-3,5-6,9-11H2. The van der Waals surface area contributed by atoms with Crippen molar-refractivity contribution in [3.63, 3.8) is 0 Å². The van der Waals surface area contributed by atoms with Crippen molar-refractivity contribution in [1.82, 2.24) is 15.0 Å². The second-order valence-corrected chi connectivity index (χ2v) is 7.59. The van der Waals surface area contributed by atoms with Crippen molar-refractivity contribution in [2.75, 3.05) is 13.1 Å². The Morgan fingerprint density at radius 3 is 2.87 bits per heavy atom. The summed E-state index contributed by atoms with van der Waals surface area (Å²) < 4.78 is 5.38. The van der Waals surface area contributed by atoms with E-state index in [2.05, 4.69) is 10.1 Å². The molecule has 0 bridgehead atoms. The Bertz CT molecular complexity index is 655. The molecule has 2 fully saturated rings. The lowest BCUT2D eigenvalue weighted by atomic mass is 9.86. The molecule has 0 aromatic carbocycles. The molecule has 122 valence electrons. The van der Waals surface area contributed by atoms with Crippen molar-refractivity contribution in [2.24, 2.45) is 5.92 Å². The molecule has 2 aromatic heterocycles. The smallest absolute Gasteiger partial charge is 0.233 e. The number of hydrogen-bond donors (Lipinski definition) is 0. The van der Waals surface area contributed by atoms with Crippen molar-refractivity contribution in [3.8, 4) is 10.7 Å². The predicted molar refractivity (Wildman–Crippen MR) is 88.1 cm³/mol. The first-order valence-electron chi connectivity index (χ1n) is 8.45. The van der Waals surface area contributed by atoms with Gasteiger partial charge in [-0.3, -0.25) is 4.79 Å². The minimum absolute atomic E-state index is 0.200. The maximum Gasteiger partial charge on any atom is 0.233 e. The third kappa shape index (κ3) is 3.17. The van der Waals surface area contributed by atoms with Gasteiger partial charge in [-0.25, -0.2) is 0 Å². The van der Waals surface area contributed by atoms with Crippen LogP contribution in [0.15, 0.2) is 22.0 Å². The van der Waals surface area contributed by atoms with Crippen molar-refractivity contribution in [1.29, 1.82) is 0 Å². The number of carbonyl (C=O) groups excluding carboxylic acids is 1. The summed E-state index contributed by atoms with van der Waals surface area (Å²) in [6.07, 6.45) is 7.06. The molecule has 3 heterocycles. The van der Waals surface area contributed by atoms with E-state index in [4.69, 9.17) is 4.52 Å². The first-order chi connectivity index (χ1) is 11.3. The summed E-state index contributed by atoms with van der Waals surface area (Å²) in [4.78, 5) is 19.8. The Labute approximate surface area is 139 Å². The topological polar surface area (TPSA) is 59.2 Å². The molecule has 1 amide bonds. The van der Waals surface area contributed by atoms with Gasteiger partial charge in [0.15, 0.2) is 0 Å². The summed E-state index contributed by atoms with van der Waals surface area (Å²) in [6, 6.07) is 3.96. The van der Waals surface area contributed by atoms with Gasteiger partial charge in [0.25, 0.3) is 0 Å². The highest BCUT2D eigenvalue weighted by Gasteiger charge is 2.36. The Balaban J connectivity index is 1.30. The van der Waals surface area contributed by atoms with Crippen LogP contribution in [0.4, 0.5) is 0 Å². The maximum atomic E-state index is 12.3. The third-order valence-corrected chi connectivity index (χ3v) is 5.82. The van der Waals surface area contributed by atoms with Crippen LogP contribution in [0.5, 0.6) is 0 Å². The first-order valence-corrected chi connectivity index (χ1v) is 9.33. The zero-order valence-corrected chi connectivity index (χ0v) is 13.9. The number of likely N-dealkylation sites (tertiary alicyclic amines) is 1. The maximum absolute atomic E-state index is 12.3. The molecule has 0 spiro atoms. The van der Waals surface area contributed by atoms with E-state index in [-0.39, 0.29) is 5.92 Å². The van der Waals surface area contributed by atoms with Gasteiger partial charge in [0, 0.05) is 19.5 Å². The van der Waals surface area contributed by atoms with Gasteiger partial charge >= 0.3 is 0 Å². The van der Waals surface area contributed by atoms with E-state index in [0.717, 1.165) is 24.4 Å². The fourth-order valence-corrected chi connectivity index (χ4v) is 4.16. The van der Waals surface area contributed by atoms with Crippen molar-refractivity contribution >= 4 is 17.2 Å². The number of carbonyl (C=O) groups is 1. The van der Waals surface area contributed by atoms with Gasteiger partial charge in [-0.15, -0.1) is 11.3 Å². The summed E-state index contributed by atoms with van der Waals surface area (Å²) in [5.74, 6) is 2.42. The van der Waals surface area contributed by atoms with Crippen molar-refractivity contribution in [2.45, 2.75) is 44.4 Å². The Morgan fingerprint density at radius 1 is 1.30 bits per heavy atom. The van der Waals surface area contributed by atoms with Gasteiger partial charge in [-0.1, -0.05) is 30.5 Å². The van der Waals surface area contributed by atoms with E-state index in [0.29, 0.717) is 23.5 Å². The highest BCUT2D eigenvalue weighted by molar-refractivity contribution is 7.13. The van der Waals surface area contributed by atoms with Crippen LogP contribution in [-0.2, 0) is 4.79 Å². The van der Waals surface area contributed by atoms with Gasteiger partial charge in [-0.2, -0.15) is 4.98 Å². The van der Waals surface area contributed by atoms with E-state index in [9.17, 15) is 4.79 Å². The van der Waals surface area contributed by atoms with E-state index >= 15 is 0 Å². The molecular weight excluding hydrogens is 310 g/mol. The first kappa shape index (κ1) is 14.9. The average Bonchev–Trinajstić information content (AvgIpc) is 3.17. The normalized spacial score (nSPS) is 19.7. The van der Waals surface area contributed by atoms with E-state index in [1.165, 1.54) is 32.1 Å². The minimum Gasteiger partial charge on any atom is -0.341 e. The molecule has 2 aliphatic rings. The number of aromatic nitrogens is 2.